The number of halogens is 15. The third kappa shape index (κ3) is 3.51. The zero-order valence-electron chi connectivity index (χ0n) is 9.75. The number of alkyl halides is 12. The molecule has 0 aromatic carbocycles. The molecular weight excluding hydrogens is 458 g/mol. The van der Waals surface area contributed by atoms with Crippen LogP contribution in [-0.2, 0) is 0 Å². The van der Waals surface area contributed by atoms with Gasteiger partial charge in [-0.25, -0.2) is 8.78 Å². The zero-order chi connectivity index (χ0) is 19.2. The summed E-state index contributed by atoms with van der Waals surface area (Å²) >= 11 is 5.48. The minimum atomic E-state index is -7.37. The average molecular weight is 459 g/mol. The summed E-state index contributed by atoms with van der Waals surface area (Å²) in [7, 11) is 0. The van der Waals surface area contributed by atoms with Crippen molar-refractivity contribution in [3.05, 3.63) is 10.6 Å². The van der Waals surface area contributed by atoms with E-state index in [1.807, 2.05) is 0 Å². The monoisotopic (exact) mass is 458 g/mol. The number of allylic oxidation sites excluding steroid dienone is 1. The van der Waals surface area contributed by atoms with Crippen LogP contribution in [0.25, 0.3) is 0 Å². The maximum Gasteiger partial charge on any atom is 0.459 e. The van der Waals surface area contributed by atoms with Gasteiger partial charge in [-0.2, -0.15) is 48.3 Å². The molecule has 0 aromatic rings. The first-order valence-electron chi connectivity index (χ1n) is 4.69. The second-order valence-electron chi connectivity index (χ2n) is 3.83. The second-order valence-corrected chi connectivity index (χ2v) is 5.14. The summed E-state index contributed by atoms with van der Waals surface area (Å²) in [5.74, 6) is -21.2. The van der Waals surface area contributed by atoms with Gasteiger partial charge in [0.15, 0.2) is 0 Å². The minimum absolute atomic E-state index is 1.35. The van der Waals surface area contributed by atoms with E-state index in [1.165, 1.54) is 15.9 Å². The number of hydrogen-bond donors (Lipinski definition) is 0. The molecule has 0 fully saturated rings. The van der Waals surface area contributed by atoms with Crippen molar-refractivity contribution in [2.45, 2.75) is 35.2 Å². The van der Waals surface area contributed by atoms with Crippen molar-refractivity contribution in [3.63, 3.8) is 0 Å². The largest absolute Gasteiger partial charge is 0.459 e. The van der Waals surface area contributed by atoms with E-state index in [0.29, 0.717) is 0 Å². The van der Waals surface area contributed by atoms with Gasteiger partial charge >= 0.3 is 23.9 Å². The van der Waals surface area contributed by atoms with Gasteiger partial charge < -0.3 is 0 Å². The Morgan fingerprint density at radius 3 is 1.39 bits per heavy atom. The topological polar surface area (TPSA) is 0 Å². The molecule has 0 saturated heterocycles. The van der Waals surface area contributed by atoms with Crippen molar-refractivity contribution in [2.75, 3.05) is 0 Å². The quantitative estimate of drug-likeness (QED) is 0.339. The number of hydrogen-bond acceptors (Lipinski definition) is 0. The van der Waals surface area contributed by atoms with E-state index in [-0.39, 0.29) is 0 Å². The third-order valence-corrected chi connectivity index (χ3v) is 3.79. The van der Waals surface area contributed by atoms with Crippen LogP contribution in [0.5, 0.6) is 0 Å². The van der Waals surface area contributed by atoms with Crippen LogP contribution in [-0.4, -0.2) is 35.2 Å². The molecule has 0 bridgehead atoms. The Morgan fingerprint density at radius 2 is 1.13 bits per heavy atom. The van der Waals surface area contributed by atoms with E-state index in [2.05, 4.69) is 11.6 Å². The Labute approximate surface area is 131 Å². The summed E-state index contributed by atoms with van der Waals surface area (Å²) in [6, 6.07) is 0. The van der Waals surface area contributed by atoms with Crippen LogP contribution in [0.1, 0.15) is 0 Å². The van der Waals surface area contributed by atoms with Crippen molar-refractivity contribution in [3.8, 4) is 0 Å². The molecule has 0 aromatic heterocycles. The fourth-order valence-electron chi connectivity index (χ4n) is 1.000. The smallest absolute Gasteiger partial charge is 0.234 e. The van der Waals surface area contributed by atoms with E-state index < -0.39 is 45.8 Å². The molecule has 0 radical (unpaired) electrons. The molecule has 2 unspecified atom stereocenters. The summed E-state index contributed by atoms with van der Waals surface area (Å²) < 4.78 is 160. The molecule has 0 aliphatic carbocycles. The molecule has 0 aliphatic rings. The van der Waals surface area contributed by atoms with Crippen LogP contribution in [0.3, 0.4) is 0 Å². The second kappa shape index (κ2) is 6.15. The lowest BCUT2D eigenvalue weighted by Crippen LogP contribution is -2.64. The highest BCUT2D eigenvalue weighted by molar-refractivity contribution is 9.11. The Hall–Kier alpha value is -0.400. The molecule has 0 amide bonds. The average Bonchev–Trinajstić information content (AvgIpc) is 2.34. The summed E-state index contributed by atoms with van der Waals surface area (Å²) in [4.78, 5) is 0. The molecule has 138 valence electrons. The molecular formula is C8HBrClF13. The van der Waals surface area contributed by atoms with E-state index >= 15 is 0 Å². The SMILES string of the molecule is FC(F)=C(Br)C(F)(Cl)C(F)(F)C(F)C(F)(F)C(F)(F)C(F)(F)F. The molecule has 15 heteroatoms. The molecule has 0 saturated carbocycles. The van der Waals surface area contributed by atoms with Crippen LogP contribution in [0.2, 0.25) is 0 Å². The molecule has 0 heterocycles. The normalized spacial score (nSPS) is 18.4. The molecule has 2 atom stereocenters. The van der Waals surface area contributed by atoms with E-state index in [9.17, 15) is 57.1 Å². The van der Waals surface area contributed by atoms with Crippen molar-refractivity contribution in [2.24, 2.45) is 0 Å². The predicted octanol–water partition coefficient (Wildman–Crippen LogP) is 6.20. The van der Waals surface area contributed by atoms with Crippen molar-refractivity contribution < 1.29 is 57.1 Å². The van der Waals surface area contributed by atoms with Gasteiger partial charge in [-0.15, -0.1) is 0 Å². The highest BCUT2D eigenvalue weighted by Gasteiger charge is 2.82. The van der Waals surface area contributed by atoms with Crippen LogP contribution in [0.4, 0.5) is 57.1 Å². The molecule has 0 aliphatic heterocycles. The Morgan fingerprint density at radius 1 is 0.783 bits per heavy atom. The fourth-order valence-corrected chi connectivity index (χ4v) is 1.43. The highest BCUT2D eigenvalue weighted by Crippen LogP contribution is 2.56. The van der Waals surface area contributed by atoms with Gasteiger partial charge in [-0.1, -0.05) is 11.6 Å². The molecule has 0 N–H and O–H groups in total. The highest BCUT2D eigenvalue weighted by atomic mass is 79.9. The maximum atomic E-state index is 13.3. The Bertz CT molecular complexity index is 475. The van der Waals surface area contributed by atoms with Crippen LogP contribution in [0, 0.1) is 0 Å². The lowest BCUT2D eigenvalue weighted by Gasteiger charge is -2.36. The third-order valence-electron chi connectivity index (χ3n) is 2.27. The van der Waals surface area contributed by atoms with Gasteiger partial charge in [0.2, 0.25) is 6.17 Å². The van der Waals surface area contributed by atoms with Gasteiger partial charge in [0.1, 0.15) is 4.48 Å². The zero-order valence-corrected chi connectivity index (χ0v) is 12.1. The minimum Gasteiger partial charge on any atom is -0.234 e. The van der Waals surface area contributed by atoms with Crippen LogP contribution in [0.15, 0.2) is 10.6 Å². The van der Waals surface area contributed by atoms with Crippen LogP contribution < -0.4 is 0 Å². The molecule has 23 heavy (non-hydrogen) atoms. The standard InChI is InChI=1S/C8HBrClF13/c9-1(2(11)12)4(10,14)5(15,16)3(13)6(17,18)7(19,20)8(21,22)23/h3H. The summed E-state index contributed by atoms with van der Waals surface area (Å²) in [5.41, 5.74) is 0. The molecule has 0 nitrogen and oxygen atoms in total. The van der Waals surface area contributed by atoms with Crippen molar-refractivity contribution in [1.82, 2.24) is 0 Å². The predicted molar refractivity (Wildman–Crippen MR) is 53.7 cm³/mol. The Balaban J connectivity index is 6.11. The fraction of sp³-hybridized carbons (Fsp3) is 0.750. The van der Waals surface area contributed by atoms with Gasteiger partial charge in [0.05, 0.1) is 0 Å². The van der Waals surface area contributed by atoms with Gasteiger partial charge in [-0.05, 0) is 15.9 Å². The molecule has 0 spiro atoms. The van der Waals surface area contributed by atoms with Gasteiger partial charge in [-0.3, -0.25) is 0 Å². The molecule has 0 rings (SSSR count). The van der Waals surface area contributed by atoms with Gasteiger partial charge in [0.25, 0.3) is 11.2 Å². The van der Waals surface area contributed by atoms with Crippen LogP contribution >= 0.6 is 27.5 Å². The first-order valence-corrected chi connectivity index (χ1v) is 5.86. The maximum absolute atomic E-state index is 13.3. The Kier molecular flexibility index (Phi) is 6.04. The van der Waals surface area contributed by atoms with Gasteiger partial charge in [0, 0.05) is 0 Å². The van der Waals surface area contributed by atoms with E-state index in [0.717, 1.165) is 0 Å². The summed E-state index contributed by atoms with van der Waals surface area (Å²) in [6.45, 7) is 0. The van der Waals surface area contributed by atoms with Crippen molar-refractivity contribution in [1.29, 1.82) is 0 Å². The van der Waals surface area contributed by atoms with E-state index in [1.54, 1.807) is 0 Å². The summed E-state index contributed by atoms with van der Waals surface area (Å²) in [5, 5.41) is -5.57. The van der Waals surface area contributed by atoms with E-state index in [4.69, 9.17) is 0 Å². The summed E-state index contributed by atoms with van der Waals surface area (Å²) in [6.07, 6.45) is -16.6. The lowest BCUT2D eigenvalue weighted by atomic mass is 9.97. The first-order chi connectivity index (χ1) is 9.76. The first kappa shape index (κ1) is 22.6. The number of rotatable bonds is 5. The lowest BCUT2D eigenvalue weighted by molar-refractivity contribution is -0.380. The van der Waals surface area contributed by atoms with Crippen molar-refractivity contribution >= 4 is 27.5 Å².